The summed E-state index contributed by atoms with van der Waals surface area (Å²) >= 11 is 0. The molecule has 4 aliphatic rings. The maximum atomic E-state index is 12.8. The predicted octanol–water partition coefficient (Wildman–Crippen LogP) is 1.72. The van der Waals surface area contributed by atoms with E-state index in [4.69, 9.17) is 29.6 Å². The number of carbonyl (C=O) groups is 8. The van der Waals surface area contributed by atoms with Gasteiger partial charge in [-0.15, -0.1) is 0 Å². The number of aliphatic carboxylic acids is 3. The van der Waals surface area contributed by atoms with Crippen LogP contribution in [0.15, 0.2) is 0 Å². The summed E-state index contributed by atoms with van der Waals surface area (Å²) in [5.41, 5.74) is 0.746. The molecule has 0 aromatic heterocycles. The highest BCUT2D eigenvalue weighted by Gasteiger charge is 2.49. The molecule has 434 valence electrons. The zero-order chi connectivity index (χ0) is 57.8. The van der Waals surface area contributed by atoms with Gasteiger partial charge in [0.25, 0.3) is 5.91 Å². The molecule has 4 saturated heterocycles. The second kappa shape index (κ2) is 30.4. The predicted molar refractivity (Wildman–Crippen MR) is 256 cm³/mol. The monoisotopic (exact) mass is 1100 g/mol. The Labute approximate surface area is 432 Å². The number of amides is 5. The van der Waals surface area contributed by atoms with Gasteiger partial charge in [0, 0.05) is 56.9 Å². The maximum absolute atomic E-state index is 12.8. The Bertz CT molecular complexity index is 1890. The van der Waals surface area contributed by atoms with Crippen LogP contribution in [0.5, 0.6) is 0 Å². The summed E-state index contributed by atoms with van der Waals surface area (Å²) in [5, 5.41) is 40.9. The van der Waals surface area contributed by atoms with Gasteiger partial charge in [-0.2, -0.15) is 26.3 Å². The van der Waals surface area contributed by atoms with E-state index < -0.39 is 89.5 Å². The number of ether oxygens (including phenoxy) is 2. The molecule has 4 heterocycles. The molecular weight excluding hydrogens is 1020 g/mol. The quantitative estimate of drug-likeness (QED) is 0.0764. The van der Waals surface area contributed by atoms with Crippen LogP contribution >= 0.6 is 0 Å². The first-order valence-electron chi connectivity index (χ1n) is 24.2. The molecular formula is C45H78F6N10O14. The molecule has 0 saturated carbocycles. The van der Waals surface area contributed by atoms with Crippen LogP contribution in [0.1, 0.15) is 92.9 Å². The second-order valence-electron chi connectivity index (χ2n) is 20.1. The molecule has 4 aliphatic heterocycles. The highest BCUT2D eigenvalue weighted by molar-refractivity contribution is 5.90. The number of rotatable bonds is 12. The summed E-state index contributed by atoms with van der Waals surface area (Å²) in [6.45, 7) is 11.0. The lowest BCUT2D eigenvalue weighted by Crippen LogP contribution is -2.59. The number of hydrogen-bond donors (Lipinski definition) is 9. The molecule has 30 heteroatoms. The molecule has 0 aliphatic carbocycles. The van der Waals surface area contributed by atoms with Crippen LogP contribution in [0.25, 0.3) is 0 Å². The fourth-order valence-electron chi connectivity index (χ4n) is 8.10. The number of carboxylic acid groups (broad SMARTS) is 3. The van der Waals surface area contributed by atoms with Crippen LogP contribution in [-0.4, -0.2) is 229 Å². The van der Waals surface area contributed by atoms with E-state index in [1.807, 2.05) is 24.5 Å². The van der Waals surface area contributed by atoms with Crippen molar-refractivity contribution in [2.24, 2.45) is 0 Å². The average molecular weight is 1100 g/mol. The van der Waals surface area contributed by atoms with Gasteiger partial charge in [-0.25, -0.2) is 24.7 Å². The minimum Gasteiger partial charge on any atom is -0.480 e. The molecule has 4 rings (SSSR count). The van der Waals surface area contributed by atoms with Crippen molar-refractivity contribution in [2.45, 2.75) is 165 Å². The Kier molecular flexibility index (Phi) is 27.5. The number of halogens is 6. The molecule has 24 nitrogen and oxygen atoms in total. The highest BCUT2D eigenvalue weighted by Crippen LogP contribution is 2.27. The molecule has 9 N–H and O–H groups in total. The van der Waals surface area contributed by atoms with Crippen molar-refractivity contribution in [3.8, 4) is 0 Å². The number of likely N-dealkylation sites (tertiary alicyclic amines) is 4. The van der Waals surface area contributed by atoms with Gasteiger partial charge in [0.15, 0.2) is 0 Å². The van der Waals surface area contributed by atoms with E-state index in [0.29, 0.717) is 41.6 Å². The molecule has 8 atom stereocenters. The van der Waals surface area contributed by atoms with E-state index in [1.54, 1.807) is 62.7 Å². The lowest BCUT2D eigenvalue weighted by Gasteiger charge is -2.38. The van der Waals surface area contributed by atoms with Crippen molar-refractivity contribution in [3.63, 3.8) is 0 Å². The van der Waals surface area contributed by atoms with Crippen molar-refractivity contribution >= 4 is 47.8 Å². The smallest absolute Gasteiger partial charge is 0.471 e. The van der Waals surface area contributed by atoms with E-state index in [0.717, 1.165) is 25.8 Å². The SMILES string of the molecule is CN[C@@H]1CC[C@@H](C(=O)NOCCNC(=O)OC(C)(C)C)N(C(=O)C(F)(F)F)C1.CN[C@@H]1CC[C@@H](C(=O)O)N(C(=O)C(F)(F)F)C1.CN[C@@H]1CC[C@@H](C(=O)O)N(C(=O)OC(C)(C)C)C1.CN[C@@H]1CC[C@@H](C(=O)O)N(C)C1. The van der Waals surface area contributed by atoms with E-state index in [1.165, 1.54) is 4.90 Å². The summed E-state index contributed by atoms with van der Waals surface area (Å²) in [4.78, 5) is 100. The van der Waals surface area contributed by atoms with Gasteiger partial charge in [0.2, 0.25) is 0 Å². The van der Waals surface area contributed by atoms with Crippen molar-refractivity contribution in [2.75, 3.05) is 74.6 Å². The van der Waals surface area contributed by atoms with Crippen LogP contribution in [0.2, 0.25) is 0 Å². The minimum absolute atomic E-state index is 0.00683. The maximum Gasteiger partial charge on any atom is 0.471 e. The van der Waals surface area contributed by atoms with Crippen molar-refractivity contribution < 1.29 is 94.3 Å². The Morgan fingerprint density at radius 2 is 0.853 bits per heavy atom. The van der Waals surface area contributed by atoms with Gasteiger partial charge in [0.05, 0.1) is 6.61 Å². The van der Waals surface area contributed by atoms with Gasteiger partial charge in [-0.05, 0) is 128 Å². The number of piperidine rings is 4. The van der Waals surface area contributed by atoms with E-state index in [-0.39, 0.29) is 63.3 Å². The Balaban J connectivity index is 0.000000523. The topological polar surface area (TPSA) is 310 Å². The van der Waals surface area contributed by atoms with Gasteiger partial charge in [-0.3, -0.25) is 33.8 Å². The Morgan fingerprint density at radius 3 is 1.21 bits per heavy atom. The van der Waals surface area contributed by atoms with Gasteiger partial charge in [-0.1, -0.05) is 0 Å². The van der Waals surface area contributed by atoms with Gasteiger partial charge in [0.1, 0.15) is 35.4 Å². The molecule has 5 amide bonds. The third kappa shape index (κ3) is 24.1. The number of hydrogen-bond acceptors (Lipinski definition) is 16. The molecule has 0 bridgehead atoms. The number of alkyl halides is 6. The fourth-order valence-corrected chi connectivity index (χ4v) is 8.10. The lowest BCUT2D eigenvalue weighted by atomic mass is 9.97. The third-order valence-corrected chi connectivity index (χ3v) is 12.0. The lowest BCUT2D eigenvalue weighted by molar-refractivity contribution is -0.191. The van der Waals surface area contributed by atoms with Crippen LogP contribution in [0, 0.1) is 0 Å². The number of hydroxylamine groups is 1. The summed E-state index contributed by atoms with van der Waals surface area (Å²) in [5.74, 6) is -8.10. The summed E-state index contributed by atoms with van der Waals surface area (Å²) in [6.07, 6.45) is -7.53. The van der Waals surface area contributed by atoms with E-state index in [9.17, 15) is 64.7 Å². The fraction of sp³-hybridized carbons (Fsp3) is 0.822. The number of nitrogens with one attached hydrogen (secondary N) is 6. The number of nitrogens with zero attached hydrogens (tertiary/aromatic N) is 4. The van der Waals surface area contributed by atoms with E-state index >= 15 is 0 Å². The Morgan fingerprint density at radius 1 is 0.507 bits per heavy atom. The number of likely N-dealkylation sites (N-methyl/N-ethyl adjacent to an activating group) is 5. The van der Waals surface area contributed by atoms with E-state index in [2.05, 4.69) is 26.6 Å². The zero-order valence-corrected chi connectivity index (χ0v) is 44.4. The molecule has 0 unspecified atom stereocenters. The van der Waals surface area contributed by atoms with Crippen LogP contribution in [0.4, 0.5) is 35.9 Å². The minimum atomic E-state index is -5.08. The summed E-state index contributed by atoms with van der Waals surface area (Å²) in [7, 11) is 8.71. The molecule has 4 fully saturated rings. The van der Waals surface area contributed by atoms with Gasteiger partial charge < -0.3 is 61.2 Å². The molecule has 0 radical (unpaired) electrons. The normalized spacial score (nSPS) is 24.5. The van der Waals surface area contributed by atoms with Crippen molar-refractivity contribution in [1.82, 2.24) is 51.7 Å². The average Bonchev–Trinajstić information content (AvgIpc) is 3.31. The molecule has 0 aromatic rings. The first-order chi connectivity index (χ1) is 34.5. The third-order valence-electron chi connectivity index (χ3n) is 12.0. The van der Waals surface area contributed by atoms with Crippen molar-refractivity contribution in [3.05, 3.63) is 0 Å². The number of alkyl carbamates (subject to hydrolysis) is 1. The highest BCUT2D eigenvalue weighted by atomic mass is 19.4. The summed E-state index contributed by atoms with van der Waals surface area (Å²) < 4.78 is 85.6. The van der Waals surface area contributed by atoms with Crippen LogP contribution < -0.4 is 32.1 Å². The largest absolute Gasteiger partial charge is 0.480 e. The Hall–Kier alpha value is -5.30. The van der Waals surface area contributed by atoms with Crippen molar-refractivity contribution in [1.29, 1.82) is 0 Å². The first kappa shape index (κ1) is 67.7. The second-order valence-corrected chi connectivity index (χ2v) is 20.1. The summed E-state index contributed by atoms with van der Waals surface area (Å²) in [6, 6.07) is -3.84. The van der Waals surface area contributed by atoms with Crippen LogP contribution in [-0.2, 0) is 43.1 Å². The van der Waals surface area contributed by atoms with Gasteiger partial charge >= 0.3 is 54.3 Å². The van der Waals surface area contributed by atoms with Crippen LogP contribution in [0.3, 0.4) is 0 Å². The molecule has 0 spiro atoms. The number of carboxylic acids is 3. The standard InChI is InChI=1S/C16H27F3N4O5.C12H22N2O4.C9H13F3N2O3.C8H16N2O2/c1-15(2,3)28-14(26)21-7-8-27-22-12(24)11-6-5-10(20-4)9-23(11)13(25)16(17,18)19;1-12(2,3)18-11(17)14-7-8(13-4)5-6-9(14)10(15)16;1-13-5-2-3-6(7(15)16)14(4-5)8(17)9(10,11)12;1-9-6-3-4-7(8(11)12)10(2)5-6/h10-11,20H,5-9H2,1-4H3,(H,21,26)(H,22,24);8-9,13H,5-7H2,1-4H3,(H,15,16);5-6,13H,2-4H2,1H3,(H,15,16);6-7,9H,3-5H2,1-2H3,(H,11,12)/t10-,11+;8-,9+;5-,6+;6-,7+/m1111/s1. The number of carbonyl (C=O) groups excluding carboxylic acids is 5. The first-order valence-corrected chi connectivity index (χ1v) is 24.2. The molecule has 0 aromatic carbocycles. The molecule has 75 heavy (non-hydrogen) atoms. The zero-order valence-electron chi connectivity index (χ0n) is 44.4.